The molecule has 1 aliphatic carbocycles. The molecule has 1 heteroatoms. The van der Waals surface area contributed by atoms with Gasteiger partial charge in [0.25, 0.3) is 0 Å². The van der Waals surface area contributed by atoms with Gasteiger partial charge in [0.15, 0.2) is 0 Å². The summed E-state index contributed by atoms with van der Waals surface area (Å²) in [7, 11) is 0. The third-order valence-corrected chi connectivity index (χ3v) is 4.12. The van der Waals surface area contributed by atoms with Crippen molar-refractivity contribution in [1.29, 1.82) is 0 Å². The van der Waals surface area contributed by atoms with Crippen LogP contribution in [0.5, 0.6) is 0 Å². The number of hydrogen-bond acceptors (Lipinski definition) is 1. The van der Waals surface area contributed by atoms with Crippen molar-refractivity contribution in [3.63, 3.8) is 0 Å². The topological polar surface area (TPSA) is 3.24 Å². The summed E-state index contributed by atoms with van der Waals surface area (Å²) in [4.78, 5) is 2.83. The van der Waals surface area contributed by atoms with Crippen molar-refractivity contribution in [1.82, 2.24) is 4.90 Å². The molecule has 0 amide bonds. The van der Waals surface area contributed by atoms with E-state index in [1.165, 1.54) is 45.1 Å². The van der Waals surface area contributed by atoms with Gasteiger partial charge in [-0.15, -0.1) is 0 Å². The Hall–Kier alpha value is -0.0400. The number of nitrogens with zero attached hydrogens (tertiary/aromatic N) is 1. The second kappa shape index (κ2) is 3.84. The summed E-state index contributed by atoms with van der Waals surface area (Å²) in [6.45, 7) is 8.63. The van der Waals surface area contributed by atoms with Gasteiger partial charge in [-0.2, -0.15) is 0 Å². The summed E-state index contributed by atoms with van der Waals surface area (Å²) in [6, 6.07) is 0.957. The molecule has 1 saturated heterocycles. The predicted octanol–water partition coefficient (Wildman–Crippen LogP) is 3.44. The van der Waals surface area contributed by atoms with E-state index in [1.54, 1.807) is 0 Å². The summed E-state index contributed by atoms with van der Waals surface area (Å²) < 4.78 is 0. The first kappa shape index (κ1) is 10.5. The predicted molar refractivity (Wildman–Crippen MR) is 61.4 cm³/mol. The van der Waals surface area contributed by atoms with Crippen LogP contribution >= 0.6 is 0 Å². The van der Waals surface area contributed by atoms with Crippen LogP contribution in [0.3, 0.4) is 0 Å². The zero-order chi connectivity index (χ0) is 10.2. The van der Waals surface area contributed by atoms with Crippen LogP contribution in [0.2, 0.25) is 0 Å². The average Bonchev–Trinajstić information content (AvgIpc) is 2.87. The van der Waals surface area contributed by atoms with Gasteiger partial charge in [-0.25, -0.2) is 0 Å². The van der Waals surface area contributed by atoms with E-state index in [9.17, 15) is 0 Å². The SMILES string of the molecule is CCCC1(C)CC(C)CCN1C1CC1. The molecule has 0 aromatic heterocycles. The molecule has 2 atom stereocenters. The quantitative estimate of drug-likeness (QED) is 0.667. The molecule has 0 spiro atoms. The summed E-state index contributed by atoms with van der Waals surface area (Å²) in [5.74, 6) is 0.946. The molecule has 2 aliphatic rings. The zero-order valence-electron chi connectivity index (χ0n) is 10.1. The largest absolute Gasteiger partial charge is 0.295 e. The van der Waals surface area contributed by atoms with Crippen LogP contribution in [0.1, 0.15) is 59.3 Å². The first-order chi connectivity index (χ1) is 6.65. The van der Waals surface area contributed by atoms with E-state index in [-0.39, 0.29) is 0 Å². The number of piperidine rings is 1. The van der Waals surface area contributed by atoms with Gasteiger partial charge in [0, 0.05) is 11.6 Å². The van der Waals surface area contributed by atoms with Gasteiger partial charge in [-0.1, -0.05) is 20.3 Å². The molecule has 1 nitrogen and oxygen atoms in total. The molecule has 0 aromatic carbocycles. The third-order valence-electron chi connectivity index (χ3n) is 4.12. The molecule has 0 aromatic rings. The maximum Gasteiger partial charge on any atom is 0.0186 e. The molecule has 0 bridgehead atoms. The molecule has 2 unspecified atom stereocenters. The Balaban J connectivity index is 2.05. The van der Waals surface area contributed by atoms with E-state index in [1.807, 2.05) is 0 Å². The van der Waals surface area contributed by atoms with Crippen LogP contribution in [0.25, 0.3) is 0 Å². The van der Waals surface area contributed by atoms with Crippen molar-refractivity contribution < 1.29 is 0 Å². The summed E-state index contributed by atoms with van der Waals surface area (Å²) >= 11 is 0. The fourth-order valence-corrected chi connectivity index (χ4v) is 3.39. The molecular formula is C13H25N. The van der Waals surface area contributed by atoms with E-state index < -0.39 is 0 Å². The Bertz CT molecular complexity index is 197. The van der Waals surface area contributed by atoms with Gasteiger partial charge in [0.05, 0.1) is 0 Å². The van der Waals surface area contributed by atoms with Gasteiger partial charge in [0.2, 0.25) is 0 Å². The lowest BCUT2D eigenvalue weighted by Gasteiger charge is -2.48. The van der Waals surface area contributed by atoms with Gasteiger partial charge < -0.3 is 0 Å². The Morgan fingerprint density at radius 3 is 2.57 bits per heavy atom. The van der Waals surface area contributed by atoms with Crippen LogP contribution in [-0.4, -0.2) is 23.0 Å². The second-order valence-corrected chi connectivity index (χ2v) is 5.77. The molecule has 82 valence electrons. The van der Waals surface area contributed by atoms with E-state index in [0.717, 1.165) is 12.0 Å². The van der Waals surface area contributed by atoms with Crippen molar-refractivity contribution in [2.75, 3.05) is 6.54 Å². The van der Waals surface area contributed by atoms with Crippen molar-refractivity contribution in [3.8, 4) is 0 Å². The maximum absolute atomic E-state index is 2.83. The Labute approximate surface area is 88.9 Å². The highest BCUT2D eigenvalue weighted by Crippen LogP contribution is 2.42. The normalized spacial score (nSPS) is 40.1. The number of likely N-dealkylation sites (tertiary alicyclic amines) is 1. The smallest absolute Gasteiger partial charge is 0.0186 e. The van der Waals surface area contributed by atoms with Crippen LogP contribution in [0.4, 0.5) is 0 Å². The summed E-state index contributed by atoms with van der Waals surface area (Å²) in [5, 5.41) is 0. The van der Waals surface area contributed by atoms with Crippen molar-refractivity contribution in [2.45, 2.75) is 70.9 Å². The van der Waals surface area contributed by atoms with E-state index in [2.05, 4.69) is 25.7 Å². The van der Waals surface area contributed by atoms with Gasteiger partial charge in [-0.05, 0) is 51.5 Å². The fraction of sp³-hybridized carbons (Fsp3) is 1.00. The minimum Gasteiger partial charge on any atom is -0.295 e. The highest BCUT2D eigenvalue weighted by Gasteiger charge is 2.43. The van der Waals surface area contributed by atoms with Gasteiger partial charge in [-0.3, -0.25) is 4.90 Å². The minimum absolute atomic E-state index is 0.535. The third kappa shape index (κ3) is 1.98. The molecule has 0 radical (unpaired) electrons. The van der Waals surface area contributed by atoms with Gasteiger partial charge >= 0.3 is 0 Å². The van der Waals surface area contributed by atoms with Crippen molar-refractivity contribution in [3.05, 3.63) is 0 Å². The molecule has 1 heterocycles. The van der Waals surface area contributed by atoms with Crippen LogP contribution in [0, 0.1) is 5.92 Å². The molecule has 0 N–H and O–H groups in total. The molecular weight excluding hydrogens is 170 g/mol. The molecule has 2 fully saturated rings. The fourth-order valence-electron chi connectivity index (χ4n) is 3.39. The van der Waals surface area contributed by atoms with Crippen LogP contribution < -0.4 is 0 Å². The average molecular weight is 195 g/mol. The summed E-state index contributed by atoms with van der Waals surface area (Å²) in [6.07, 6.45) is 8.52. The molecule has 2 rings (SSSR count). The lowest BCUT2D eigenvalue weighted by Crippen LogP contribution is -2.52. The molecule has 1 saturated carbocycles. The first-order valence-corrected chi connectivity index (χ1v) is 6.42. The van der Waals surface area contributed by atoms with E-state index >= 15 is 0 Å². The van der Waals surface area contributed by atoms with Crippen molar-refractivity contribution in [2.24, 2.45) is 5.92 Å². The number of hydrogen-bond donors (Lipinski definition) is 0. The molecule has 14 heavy (non-hydrogen) atoms. The maximum atomic E-state index is 2.83. The highest BCUT2D eigenvalue weighted by atomic mass is 15.2. The lowest BCUT2D eigenvalue weighted by molar-refractivity contribution is 0.0227. The highest BCUT2D eigenvalue weighted by molar-refractivity contribution is 4.99. The zero-order valence-corrected chi connectivity index (χ0v) is 10.1. The molecule has 1 aliphatic heterocycles. The van der Waals surface area contributed by atoms with E-state index in [0.29, 0.717) is 5.54 Å². The van der Waals surface area contributed by atoms with Gasteiger partial charge in [0.1, 0.15) is 0 Å². The Kier molecular flexibility index (Phi) is 2.88. The van der Waals surface area contributed by atoms with Crippen LogP contribution in [0.15, 0.2) is 0 Å². The minimum atomic E-state index is 0.535. The van der Waals surface area contributed by atoms with E-state index in [4.69, 9.17) is 0 Å². The second-order valence-electron chi connectivity index (χ2n) is 5.77. The monoisotopic (exact) mass is 195 g/mol. The Morgan fingerprint density at radius 2 is 2.00 bits per heavy atom. The van der Waals surface area contributed by atoms with Crippen LogP contribution in [-0.2, 0) is 0 Å². The first-order valence-electron chi connectivity index (χ1n) is 6.42. The Morgan fingerprint density at radius 1 is 1.29 bits per heavy atom. The lowest BCUT2D eigenvalue weighted by atomic mass is 9.79. The summed E-state index contributed by atoms with van der Waals surface area (Å²) in [5.41, 5.74) is 0.535. The number of rotatable bonds is 3. The van der Waals surface area contributed by atoms with Crippen molar-refractivity contribution >= 4 is 0 Å². The standard InChI is InChI=1S/C13H25N/c1-4-8-13(3)10-11(2)7-9-14(13)12-5-6-12/h11-12H,4-10H2,1-3H3.